The molecule has 8 nitrogen and oxygen atoms in total. The fourth-order valence-corrected chi connectivity index (χ4v) is 0. The van der Waals surface area contributed by atoms with Crippen LogP contribution in [-0.2, 0) is 10.4 Å². The Kier molecular flexibility index (Phi) is 16.0. The third-order valence-electron chi connectivity index (χ3n) is 0. The van der Waals surface area contributed by atoms with Gasteiger partial charge in [0.15, 0.2) is 0 Å². The summed E-state index contributed by atoms with van der Waals surface area (Å²) >= 11 is 0. The van der Waals surface area contributed by atoms with E-state index in [9.17, 15) is 0 Å². The Morgan fingerprint density at radius 1 is 1.08 bits per heavy atom. The van der Waals surface area contributed by atoms with Crippen LogP contribution in [0.25, 0.3) is 0 Å². The van der Waals surface area contributed by atoms with Gasteiger partial charge in [-0.05, 0) is 0 Å². The zero-order valence-corrected chi connectivity index (χ0v) is 9.01. The van der Waals surface area contributed by atoms with Crippen molar-refractivity contribution in [3.05, 3.63) is 0 Å². The molecule has 0 aliphatic carbocycles. The molecule has 0 unspecified atom stereocenters. The SMILES string of the molecule is O=S(=O)(O)O.[Al+3].[Cl-].[O-][Si]([O-])(O)O. The first kappa shape index (κ1) is 23.0. The minimum Gasteiger partial charge on any atom is -1.00 e. The van der Waals surface area contributed by atoms with Crippen molar-refractivity contribution in [1.82, 2.24) is 0 Å². The molecule has 0 aromatic rings. The van der Waals surface area contributed by atoms with Gasteiger partial charge in [0.05, 0.1) is 0 Å². The summed E-state index contributed by atoms with van der Waals surface area (Å²) in [5.41, 5.74) is 0. The van der Waals surface area contributed by atoms with Gasteiger partial charge in [0.1, 0.15) is 9.05 Å². The Morgan fingerprint density at radius 3 is 1.08 bits per heavy atom. The molecule has 0 aliphatic rings. The van der Waals surface area contributed by atoms with Crippen LogP contribution in [0.2, 0.25) is 0 Å². The van der Waals surface area contributed by atoms with Gasteiger partial charge in [-0.25, -0.2) is 0 Å². The molecule has 0 radical (unpaired) electrons. The third kappa shape index (κ3) is 1820. The fourth-order valence-electron chi connectivity index (χ4n) is 0. The van der Waals surface area contributed by atoms with Gasteiger partial charge < -0.3 is 31.6 Å². The van der Waals surface area contributed by atoms with Crippen molar-refractivity contribution >= 4 is 36.8 Å². The van der Waals surface area contributed by atoms with Crippen LogP contribution in [0.4, 0.5) is 0 Å². The first-order chi connectivity index (χ1) is 4.00. The van der Waals surface area contributed by atoms with E-state index >= 15 is 0 Å². The zero-order valence-electron chi connectivity index (χ0n) is 5.29. The minimum absolute atomic E-state index is 0. The fraction of sp³-hybridized carbons (Fsp3) is 0. The summed E-state index contributed by atoms with van der Waals surface area (Å²) in [5, 5.41) is 0. The summed E-state index contributed by atoms with van der Waals surface area (Å²) in [6.45, 7) is 0. The molecule has 0 aromatic heterocycles. The van der Waals surface area contributed by atoms with Crippen LogP contribution in [0, 0.1) is 0 Å². The van der Waals surface area contributed by atoms with E-state index in [0.29, 0.717) is 0 Å². The molecule has 0 bridgehead atoms. The second-order valence-electron chi connectivity index (χ2n) is 0.996. The van der Waals surface area contributed by atoms with E-state index < -0.39 is 19.4 Å². The standard InChI is InChI=1S/Al.ClH.H2O4S.H2O4Si/c;;2*1-5(2,3)4/h;1H;(H2,1,2,3,4);1-2H/q+3;;;-2/p-1. The first-order valence-electron chi connectivity index (χ1n) is 1.55. The maximum atomic E-state index is 8.80. The summed E-state index contributed by atoms with van der Waals surface area (Å²) in [7, 11) is -9.78. The topological polar surface area (TPSA) is 161 Å². The van der Waals surface area contributed by atoms with Crippen LogP contribution < -0.4 is 22.0 Å². The van der Waals surface area contributed by atoms with Crippen molar-refractivity contribution in [2.24, 2.45) is 0 Å². The van der Waals surface area contributed by atoms with Crippen LogP contribution >= 0.6 is 0 Å². The van der Waals surface area contributed by atoms with Gasteiger partial charge in [-0.15, -0.1) is 0 Å². The molecule has 0 saturated carbocycles. The van der Waals surface area contributed by atoms with E-state index in [1.807, 2.05) is 0 Å². The molecule has 0 aromatic carbocycles. The molecule has 12 heavy (non-hydrogen) atoms. The van der Waals surface area contributed by atoms with Gasteiger partial charge in [-0.1, -0.05) is 0 Å². The predicted molar refractivity (Wildman–Crippen MR) is 30.1 cm³/mol. The third-order valence-corrected chi connectivity index (χ3v) is 0. The van der Waals surface area contributed by atoms with Gasteiger partial charge in [0.2, 0.25) is 0 Å². The number of rotatable bonds is 0. The molecule has 0 fully saturated rings. The largest absolute Gasteiger partial charge is 3.00 e. The van der Waals surface area contributed by atoms with Gasteiger partial charge in [-0.3, -0.25) is 9.11 Å². The van der Waals surface area contributed by atoms with Crippen LogP contribution in [0.1, 0.15) is 0 Å². The second-order valence-corrected chi connectivity index (χ2v) is 2.99. The maximum Gasteiger partial charge on any atom is 3.00 e. The summed E-state index contributed by atoms with van der Waals surface area (Å²) < 4.78 is 31.6. The Balaban J connectivity index is -0.0000000457. The monoisotopic (exact) mass is 254 g/mol. The number of hydrogen-bond donors (Lipinski definition) is 4. The average Bonchev–Trinajstić information content (AvgIpc) is 1.12. The summed E-state index contributed by atoms with van der Waals surface area (Å²) in [6, 6.07) is 0. The zero-order chi connectivity index (χ0) is 9.00. The summed E-state index contributed by atoms with van der Waals surface area (Å²) in [6.07, 6.45) is 0. The number of hydrogen-bond acceptors (Lipinski definition) is 6. The molecule has 0 amide bonds. The Bertz CT molecular complexity index is 154. The average molecular weight is 255 g/mol. The molecule has 0 spiro atoms. The van der Waals surface area contributed by atoms with Crippen molar-refractivity contribution in [2.45, 2.75) is 0 Å². The molecule has 0 atom stereocenters. The van der Waals surface area contributed by atoms with Crippen molar-refractivity contribution < 1.29 is 49.1 Å². The van der Waals surface area contributed by atoms with Gasteiger partial charge >= 0.3 is 27.8 Å². The van der Waals surface area contributed by atoms with E-state index in [0.717, 1.165) is 0 Å². The van der Waals surface area contributed by atoms with Crippen molar-refractivity contribution in [2.75, 3.05) is 0 Å². The smallest absolute Gasteiger partial charge is 1.00 e. The quantitative estimate of drug-likeness (QED) is 0.245. The Hall–Kier alpha value is 0.749. The first-order valence-corrected chi connectivity index (χ1v) is 4.66. The predicted octanol–water partition coefficient (Wildman–Crippen LogP) is -7.90. The van der Waals surface area contributed by atoms with Crippen LogP contribution in [0.3, 0.4) is 0 Å². The molecular weight excluding hydrogens is 251 g/mol. The molecule has 0 aliphatic heterocycles. The van der Waals surface area contributed by atoms with Gasteiger partial charge in [-0.2, -0.15) is 8.42 Å². The molecule has 72 valence electrons. The molecule has 12 heteroatoms. The van der Waals surface area contributed by atoms with Crippen LogP contribution in [-0.4, -0.2) is 53.5 Å². The van der Waals surface area contributed by atoms with Gasteiger partial charge in [0, 0.05) is 0 Å². The van der Waals surface area contributed by atoms with Crippen LogP contribution in [0.15, 0.2) is 0 Å². The normalized spacial score (nSPS) is 9.83. The van der Waals surface area contributed by atoms with E-state index in [1.54, 1.807) is 0 Å². The van der Waals surface area contributed by atoms with Crippen LogP contribution in [0.5, 0.6) is 0 Å². The maximum absolute atomic E-state index is 8.80. The molecular formula is H4AlClO8SSi. The molecule has 4 N–H and O–H groups in total. The second kappa shape index (κ2) is 8.35. The molecule has 0 rings (SSSR count). The van der Waals surface area contributed by atoms with E-state index in [2.05, 4.69) is 0 Å². The van der Waals surface area contributed by atoms with E-state index in [-0.39, 0.29) is 29.8 Å². The summed E-state index contributed by atoms with van der Waals surface area (Å²) in [4.78, 5) is 31.8. The Labute approximate surface area is 86.1 Å². The molecule has 0 heterocycles. The Morgan fingerprint density at radius 2 is 1.08 bits per heavy atom. The van der Waals surface area contributed by atoms with Crippen molar-refractivity contribution in [3.63, 3.8) is 0 Å². The van der Waals surface area contributed by atoms with Gasteiger partial charge in [0.25, 0.3) is 0 Å². The minimum atomic E-state index is -5.11. The number of halogens is 1. The summed E-state index contributed by atoms with van der Waals surface area (Å²) in [5.74, 6) is 0. The van der Waals surface area contributed by atoms with E-state index in [1.165, 1.54) is 0 Å². The molecule has 0 saturated heterocycles. The van der Waals surface area contributed by atoms with E-state index in [4.69, 9.17) is 36.7 Å². The van der Waals surface area contributed by atoms with Crippen molar-refractivity contribution in [3.8, 4) is 0 Å². The van der Waals surface area contributed by atoms with Crippen molar-refractivity contribution in [1.29, 1.82) is 0 Å².